The Bertz CT molecular complexity index is 552. The van der Waals surface area contributed by atoms with Crippen molar-refractivity contribution < 1.29 is 4.79 Å². The molecule has 2 aromatic carbocycles. The van der Waals surface area contributed by atoms with Gasteiger partial charge in [-0.15, -0.1) is 0 Å². The van der Waals surface area contributed by atoms with Crippen molar-refractivity contribution in [3.8, 4) is 11.1 Å². The molecule has 2 aromatic rings. The molecule has 20 heavy (non-hydrogen) atoms. The number of hydrogen-bond donors (Lipinski definition) is 3. The number of hydrazine groups is 1. The molecule has 0 radical (unpaired) electrons. The lowest BCUT2D eigenvalue weighted by molar-refractivity contribution is -0.123. The minimum absolute atomic E-state index is 0.209. The van der Waals surface area contributed by atoms with E-state index in [1.807, 2.05) is 42.5 Å². The molecule has 4 N–H and O–H groups in total. The van der Waals surface area contributed by atoms with Crippen molar-refractivity contribution in [3.63, 3.8) is 0 Å². The predicted octanol–water partition coefficient (Wildman–Crippen LogP) is 1.47. The molecule has 0 aliphatic carbocycles. The second-order valence-corrected chi connectivity index (χ2v) is 4.61. The van der Waals surface area contributed by atoms with Gasteiger partial charge in [-0.1, -0.05) is 54.6 Å². The Morgan fingerprint density at radius 2 is 1.65 bits per heavy atom. The molecule has 104 valence electrons. The Balaban J connectivity index is 2.04. The largest absolute Gasteiger partial charge is 0.320 e. The molecule has 1 atom stereocenters. The highest BCUT2D eigenvalue weighted by Crippen LogP contribution is 2.19. The van der Waals surface area contributed by atoms with Crippen molar-refractivity contribution in [2.75, 3.05) is 7.05 Å². The van der Waals surface area contributed by atoms with Crippen LogP contribution in [0.15, 0.2) is 54.6 Å². The van der Waals surface area contributed by atoms with Gasteiger partial charge in [-0.25, -0.2) is 5.43 Å². The second-order valence-electron chi connectivity index (χ2n) is 4.61. The summed E-state index contributed by atoms with van der Waals surface area (Å²) in [7, 11) is 1.64. The minimum atomic E-state index is -0.551. The van der Waals surface area contributed by atoms with Gasteiger partial charge in [0.1, 0.15) is 0 Å². The fraction of sp³-hybridized carbons (Fsp3) is 0.188. The molecule has 0 heterocycles. The number of benzene rings is 2. The van der Waals surface area contributed by atoms with Crippen molar-refractivity contribution >= 4 is 5.91 Å². The molecule has 0 saturated carbocycles. The van der Waals surface area contributed by atoms with Gasteiger partial charge in [0.05, 0.1) is 6.04 Å². The van der Waals surface area contributed by atoms with Crippen LogP contribution in [0.4, 0.5) is 0 Å². The van der Waals surface area contributed by atoms with E-state index in [9.17, 15) is 4.79 Å². The standard InChI is InChI=1S/C16H19N3O/c1-18-19-16(20)15(17)11-12-7-9-14(10-8-12)13-5-3-2-4-6-13/h2-10,15,18H,11,17H2,1H3,(H,19,20). The monoisotopic (exact) mass is 269 g/mol. The van der Waals surface area contributed by atoms with E-state index in [0.29, 0.717) is 6.42 Å². The summed E-state index contributed by atoms with van der Waals surface area (Å²) in [5, 5.41) is 0. The van der Waals surface area contributed by atoms with Crippen LogP contribution in [0.3, 0.4) is 0 Å². The third-order valence-corrected chi connectivity index (χ3v) is 3.10. The number of amides is 1. The maximum Gasteiger partial charge on any atom is 0.251 e. The predicted molar refractivity (Wildman–Crippen MR) is 80.8 cm³/mol. The average Bonchev–Trinajstić information content (AvgIpc) is 2.49. The molecule has 4 heteroatoms. The Labute approximate surface area is 119 Å². The number of hydrogen-bond acceptors (Lipinski definition) is 3. The molecule has 0 aliphatic heterocycles. The summed E-state index contributed by atoms with van der Waals surface area (Å²) in [6.07, 6.45) is 0.516. The van der Waals surface area contributed by atoms with Crippen molar-refractivity contribution in [1.29, 1.82) is 0 Å². The molecule has 0 fully saturated rings. The zero-order valence-corrected chi connectivity index (χ0v) is 11.5. The number of carbonyl (C=O) groups excluding carboxylic acids is 1. The van der Waals surface area contributed by atoms with E-state index in [0.717, 1.165) is 11.1 Å². The first-order chi connectivity index (χ1) is 9.70. The van der Waals surface area contributed by atoms with Crippen LogP contribution < -0.4 is 16.6 Å². The Kier molecular flexibility index (Phi) is 4.87. The van der Waals surface area contributed by atoms with Crippen molar-refractivity contribution in [2.24, 2.45) is 5.73 Å². The Morgan fingerprint density at radius 1 is 1.05 bits per heavy atom. The number of carbonyl (C=O) groups is 1. The maximum absolute atomic E-state index is 11.5. The van der Waals surface area contributed by atoms with Crippen LogP contribution in [0.25, 0.3) is 11.1 Å². The van der Waals surface area contributed by atoms with Crippen LogP contribution >= 0.6 is 0 Å². The van der Waals surface area contributed by atoms with Gasteiger partial charge in [-0.2, -0.15) is 0 Å². The lowest BCUT2D eigenvalue weighted by atomic mass is 10.0. The molecule has 1 amide bonds. The fourth-order valence-corrected chi connectivity index (χ4v) is 2.03. The lowest BCUT2D eigenvalue weighted by Crippen LogP contribution is -2.46. The van der Waals surface area contributed by atoms with E-state index in [1.54, 1.807) is 7.05 Å². The van der Waals surface area contributed by atoms with Gasteiger partial charge < -0.3 is 5.73 Å². The first-order valence-corrected chi connectivity index (χ1v) is 6.57. The molecule has 1 unspecified atom stereocenters. The van der Waals surface area contributed by atoms with Crippen molar-refractivity contribution in [2.45, 2.75) is 12.5 Å². The third kappa shape index (κ3) is 3.66. The average molecular weight is 269 g/mol. The van der Waals surface area contributed by atoms with E-state index >= 15 is 0 Å². The van der Waals surface area contributed by atoms with Crippen LogP contribution in [0, 0.1) is 0 Å². The summed E-state index contributed by atoms with van der Waals surface area (Å²) >= 11 is 0. The summed E-state index contributed by atoms with van der Waals surface area (Å²) < 4.78 is 0. The van der Waals surface area contributed by atoms with Crippen molar-refractivity contribution in [3.05, 3.63) is 60.2 Å². The molecule has 0 aliphatic rings. The molecule has 0 spiro atoms. The van der Waals surface area contributed by atoms with E-state index in [-0.39, 0.29) is 5.91 Å². The van der Waals surface area contributed by atoms with Crippen LogP contribution in [0.5, 0.6) is 0 Å². The topological polar surface area (TPSA) is 67.1 Å². The molecule has 0 bridgehead atoms. The van der Waals surface area contributed by atoms with Gasteiger partial charge in [0.25, 0.3) is 5.91 Å². The van der Waals surface area contributed by atoms with E-state index in [4.69, 9.17) is 5.73 Å². The minimum Gasteiger partial charge on any atom is -0.320 e. The van der Waals surface area contributed by atoms with Crippen LogP contribution in [0.2, 0.25) is 0 Å². The molecular formula is C16H19N3O. The van der Waals surface area contributed by atoms with Crippen LogP contribution in [-0.4, -0.2) is 19.0 Å². The highest BCUT2D eigenvalue weighted by atomic mass is 16.2. The second kappa shape index (κ2) is 6.84. The SMILES string of the molecule is CNNC(=O)C(N)Cc1ccc(-c2ccccc2)cc1. The summed E-state index contributed by atoms with van der Waals surface area (Å²) in [4.78, 5) is 11.5. The van der Waals surface area contributed by atoms with Gasteiger partial charge in [-0.3, -0.25) is 10.2 Å². The number of nitrogens with one attached hydrogen (secondary N) is 2. The zero-order chi connectivity index (χ0) is 14.4. The van der Waals surface area contributed by atoms with Crippen LogP contribution in [0.1, 0.15) is 5.56 Å². The zero-order valence-electron chi connectivity index (χ0n) is 11.5. The quantitative estimate of drug-likeness (QED) is 0.720. The number of nitrogens with two attached hydrogens (primary N) is 1. The van der Waals surface area contributed by atoms with Gasteiger partial charge in [-0.05, 0) is 23.1 Å². The molecule has 0 aromatic heterocycles. The van der Waals surface area contributed by atoms with Gasteiger partial charge >= 0.3 is 0 Å². The summed E-state index contributed by atoms with van der Waals surface area (Å²) in [6.45, 7) is 0. The number of rotatable bonds is 5. The van der Waals surface area contributed by atoms with Gasteiger partial charge in [0.2, 0.25) is 0 Å². The van der Waals surface area contributed by atoms with Gasteiger partial charge in [0, 0.05) is 7.05 Å². The third-order valence-electron chi connectivity index (χ3n) is 3.10. The maximum atomic E-state index is 11.5. The smallest absolute Gasteiger partial charge is 0.251 e. The molecule has 0 saturated heterocycles. The first kappa shape index (κ1) is 14.2. The highest BCUT2D eigenvalue weighted by molar-refractivity contribution is 5.81. The first-order valence-electron chi connectivity index (χ1n) is 6.57. The van der Waals surface area contributed by atoms with Gasteiger partial charge in [0.15, 0.2) is 0 Å². The summed E-state index contributed by atoms with van der Waals surface area (Å²) in [5.41, 5.74) is 14.3. The normalized spacial score (nSPS) is 11.9. The fourth-order valence-electron chi connectivity index (χ4n) is 2.03. The van der Waals surface area contributed by atoms with Crippen LogP contribution in [-0.2, 0) is 11.2 Å². The Hall–Kier alpha value is -2.17. The molecular weight excluding hydrogens is 250 g/mol. The Morgan fingerprint density at radius 3 is 2.25 bits per heavy atom. The highest BCUT2D eigenvalue weighted by Gasteiger charge is 2.12. The van der Waals surface area contributed by atoms with E-state index in [1.165, 1.54) is 5.56 Å². The molecule has 4 nitrogen and oxygen atoms in total. The summed E-state index contributed by atoms with van der Waals surface area (Å²) in [6, 6.07) is 17.7. The van der Waals surface area contributed by atoms with Crippen molar-refractivity contribution in [1.82, 2.24) is 10.9 Å². The van der Waals surface area contributed by atoms with E-state index in [2.05, 4.69) is 23.0 Å². The van der Waals surface area contributed by atoms with E-state index < -0.39 is 6.04 Å². The summed E-state index contributed by atoms with van der Waals surface area (Å²) in [5.74, 6) is -0.209. The molecule has 2 rings (SSSR count). The lowest BCUT2D eigenvalue weighted by Gasteiger charge is -2.12.